The van der Waals surface area contributed by atoms with Crippen molar-refractivity contribution in [3.05, 3.63) is 53.1 Å². The number of rotatable bonds is 4. The minimum Gasteiger partial charge on any atom is -0.361 e. The van der Waals surface area contributed by atoms with E-state index in [1.165, 1.54) is 16.6 Å². The molecule has 0 fully saturated rings. The van der Waals surface area contributed by atoms with Gasteiger partial charge in [0.1, 0.15) is 5.76 Å². The van der Waals surface area contributed by atoms with E-state index in [1.807, 2.05) is 0 Å². The number of amides is 1. The summed E-state index contributed by atoms with van der Waals surface area (Å²) < 4.78 is 31.8. The molecule has 1 amide bonds. The van der Waals surface area contributed by atoms with E-state index in [0.29, 0.717) is 31.9 Å². The standard InChI is InChI=1S/C17H18N4O4S/c1-12-6-15(25-19-12)7-17(22)20-8-13-10-21(11-14(13)9-20)26(23,24)16-4-2-3-5-18-16/h2-6H,7-11H2,1H3. The van der Waals surface area contributed by atoms with Gasteiger partial charge in [0.25, 0.3) is 10.0 Å². The fraction of sp³-hybridized carbons (Fsp3) is 0.353. The summed E-state index contributed by atoms with van der Waals surface area (Å²) >= 11 is 0. The fourth-order valence-corrected chi connectivity index (χ4v) is 4.65. The number of hydrogen-bond acceptors (Lipinski definition) is 6. The summed E-state index contributed by atoms with van der Waals surface area (Å²) in [6.07, 6.45) is 1.63. The summed E-state index contributed by atoms with van der Waals surface area (Å²) in [6, 6.07) is 6.58. The van der Waals surface area contributed by atoms with Crippen molar-refractivity contribution in [2.45, 2.75) is 18.4 Å². The molecule has 0 saturated heterocycles. The number of aryl methyl sites for hydroxylation is 1. The van der Waals surface area contributed by atoms with E-state index < -0.39 is 10.0 Å². The molecule has 2 aliphatic rings. The van der Waals surface area contributed by atoms with Gasteiger partial charge in [-0.05, 0) is 30.2 Å². The quantitative estimate of drug-likeness (QED) is 0.733. The number of aromatic nitrogens is 2. The largest absolute Gasteiger partial charge is 0.361 e. The van der Waals surface area contributed by atoms with E-state index in [4.69, 9.17) is 4.52 Å². The second-order valence-corrected chi connectivity index (χ2v) is 8.39. The Morgan fingerprint density at radius 3 is 2.50 bits per heavy atom. The average Bonchev–Trinajstić information content (AvgIpc) is 3.30. The van der Waals surface area contributed by atoms with Gasteiger partial charge < -0.3 is 9.42 Å². The van der Waals surface area contributed by atoms with Gasteiger partial charge in [0.2, 0.25) is 5.91 Å². The third-order valence-electron chi connectivity index (χ3n) is 4.59. The lowest BCUT2D eigenvalue weighted by molar-refractivity contribution is -0.129. The first-order valence-corrected chi connectivity index (χ1v) is 9.68. The molecule has 0 bridgehead atoms. The molecule has 0 atom stereocenters. The molecule has 0 spiro atoms. The lowest BCUT2D eigenvalue weighted by Gasteiger charge is -2.22. The van der Waals surface area contributed by atoms with Gasteiger partial charge >= 0.3 is 0 Å². The maximum Gasteiger partial charge on any atom is 0.261 e. The summed E-state index contributed by atoms with van der Waals surface area (Å²) in [5.74, 6) is 0.494. The highest BCUT2D eigenvalue weighted by Crippen LogP contribution is 2.29. The molecule has 0 N–H and O–H groups in total. The van der Waals surface area contributed by atoms with Gasteiger partial charge in [-0.1, -0.05) is 11.2 Å². The zero-order valence-electron chi connectivity index (χ0n) is 14.3. The van der Waals surface area contributed by atoms with Gasteiger partial charge in [-0.15, -0.1) is 0 Å². The number of carbonyl (C=O) groups is 1. The first kappa shape index (κ1) is 16.9. The molecule has 2 aliphatic heterocycles. The Kier molecular flexibility index (Phi) is 4.12. The smallest absolute Gasteiger partial charge is 0.261 e. The first-order valence-electron chi connectivity index (χ1n) is 8.24. The van der Waals surface area contributed by atoms with E-state index in [1.54, 1.807) is 30.0 Å². The Hall–Kier alpha value is -2.52. The van der Waals surface area contributed by atoms with Crippen molar-refractivity contribution in [3.63, 3.8) is 0 Å². The first-order chi connectivity index (χ1) is 12.4. The summed E-state index contributed by atoms with van der Waals surface area (Å²) in [7, 11) is -3.61. The van der Waals surface area contributed by atoms with Crippen LogP contribution in [-0.4, -0.2) is 59.8 Å². The summed E-state index contributed by atoms with van der Waals surface area (Å²) in [6.45, 7) is 3.32. The van der Waals surface area contributed by atoms with Crippen LogP contribution in [0.1, 0.15) is 11.5 Å². The third-order valence-corrected chi connectivity index (χ3v) is 6.30. The van der Waals surface area contributed by atoms with Crippen molar-refractivity contribution in [2.75, 3.05) is 26.2 Å². The highest BCUT2D eigenvalue weighted by Gasteiger charge is 2.38. The fourth-order valence-electron chi connectivity index (χ4n) is 3.28. The molecule has 0 radical (unpaired) electrons. The van der Waals surface area contributed by atoms with Gasteiger partial charge in [0.05, 0.1) is 12.1 Å². The van der Waals surface area contributed by atoms with Crippen LogP contribution in [0.25, 0.3) is 0 Å². The Labute approximate surface area is 151 Å². The maximum atomic E-state index is 12.7. The Morgan fingerprint density at radius 1 is 1.19 bits per heavy atom. The van der Waals surface area contributed by atoms with Gasteiger partial charge in [0, 0.05) is 38.4 Å². The van der Waals surface area contributed by atoms with Crippen LogP contribution in [0.2, 0.25) is 0 Å². The van der Waals surface area contributed by atoms with Crippen LogP contribution in [0, 0.1) is 6.92 Å². The molecule has 2 aromatic heterocycles. The molecule has 0 aliphatic carbocycles. The second-order valence-electron chi connectivity index (χ2n) is 6.51. The number of nitrogens with zero attached hydrogens (tertiary/aromatic N) is 4. The monoisotopic (exact) mass is 374 g/mol. The molecule has 0 unspecified atom stereocenters. The van der Waals surface area contributed by atoms with Crippen molar-refractivity contribution in [2.24, 2.45) is 0 Å². The van der Waals surface area contributed by atoms with E-state index in [2.05, 4.69) is 10.1 Å². The average molecular weight is 374 g/mol. The zero-order chi connectivity index (χ0) is 18.3. The van der Waals surface area contributed by atoms with Gasteiger partial charge in [0.15, 0.2) is 5.03 Å². The number of carbonyl (C=O) groups excluding carboxylic acids is 1. The highest BCUT2D eigenvalue weighted by molar-refractivity contribution is 7.89. The van der Waals surface area contributed by atoms with Crippen molar-refractivity contribution >= 4 is 15.9 Å². The molecule has 2 aromatic rings. The molecule has 0 saturated carbocycles. The molecule has 8 nitrogen and oxygen atoms in total. The molecule has 4 rings (SSSR count). The van der Waals surface area contributed by atoms with Crippen LogP contribution < -0.4 is 0 Å². The molecule has 0 aromatic carbocycles. The molecular formula is C17H18N4O4S. The summed E-state index contributed by atoms with van der Waals surface area (Å²) in [4.78, 5) is 18.1. The van der Waals surface area contributed by atoms with Crippen LogP contribution in [0.3, 0.4) is 0 Å². The molecule has 4 heterocycles. The van der Waals surface area contributed by atoms with Crippen LogP contribution in [0.15, 0.2) is 51.2 Å². The Balaban J connectivity index is 1.39. The van der Waals surface area contributed by atoms with Crippen LogP contribution in [0.5, 0.6) is 0 Å². The van der Waals surface area contributed by atoms with Crippen molar-refractivity contribution in [1.29, 1.82) is 0 Å². The predicted octanol–water partition coefficient (Wildman–Crippen LogP) is 0.764. The molecule has 9 heteroatoms. The summed E-state index contributed by atoms with van der Waals surface area (Å²) in [5, 5.41) is 3.83. The maximum absolute atomic E-state index is 12.7. The minimum atomic E-state index is -3.61. The number of hydrogen-bond donors (Lipinski definition) is 0. The van der Waals surface area contributed by atoms with Crippen molar-refractivity contribution in [1.82, 2.24) is 19.3 Å². The lowest BCUT2D eigenvalue weighted by atomic mass is 10.2. The number of sulfonamides is 1. The molecular weight excluding hydrogens is 356 g/mol. The zero-order valence-corrected chi connectivity index (χ0v) is 15.1. The lowest BCUT2D eigenvalue weighted by Crippen LogP contribution is -2.37. The van der Waals surface area contributed by atoms with E-state index in [9.17, 15) is 13.2 Å². The van der Waals surface area contributed by atoms with E-state index in [0.717, 1.165) is 16.8 Å². The summed E-state index contributed by atoms with van der Waals surface area (Å²) in [5.41, 5.74) is 2.73. The molecule has 136 valence electrons. The van der Waals surface area contributed by atoms with E-state index >= 15 is 0 Å². The van der Waals surface area contributed by atoms with Crippen LogP contribution in [-0.2, 0) is 21.2 Å². The van der Waals surface area contributed by atoms with Gasteiger partial charge in [-0.2, -0.15) is 4.31 Å². The Morgan fingerprint density at radius 2 is 1.92 bits per heavy atom. The van der Waals surface area contributed by atoms with Crippen molar-refractivity contribution in [3.8, 4) is 0 Å². The van der Waals surface area contributed by atoms with E-state index in [-0.39, 0.29) is 17.4 Å². The topological polar surface area (TPSA) is 96.6 Å². The third kappa shape index (κ3) is 3.04. The van der Waals surface area contributed by atoms with Crippen molar-refractivity contribution < 1.29 is 17.7 Å². The van der Waals surface area contributed by atoms with Crippen LogP contribution >= 0.6 is 0 Å². The predicted molar refractivity (Wildman–Crippen MR) is 91.5 cm³/mol. The normalized spacial score (nSPS) is 17.8. The Bertz CT molecular complexity index is 963. The van der Waals surface area contributed by atoms with Crippen LogP contribution in [0.4, 0.5) is 0 Å². The molecule has 26 heavy (non-hydrogen) atoms. The minimum absolute atomic E-state index is 0.0466. The number of pyridine rings is 1. The second kappa shape index (κ2) is 6.33. The van der Waals surface area contributed by atoms with Gasteiger partial charge in [-0.25, -0.2) is 13.4 Å². The SMILES string of the molecule is Cc1cc(CC(=O)N2CC3=C(C2)CN(S(=O)(=O)c2ccccn2)C3)on1. The highest BCUT2D eigenvalue weighted by atomic mass is 32.2. The van der Waals surface area contributed by atoms with Gasteiger partial charge in [-0.3, -0.25) is 4.79 Å².